The van der Waals surface area contributed by atoms with E-state index in [1.807, 2.05) is 37.3 Å². The van der Waals surface area contributed by atoms with Crippen LogP contribution >= 0.6 is 15.9 Å². The number of benzene rings is 2. The van der Waals surface area contributed by atoms with E-state index in [1.165, 1.54) is 18.2 Å². The molecular weight excluding hydrogens is 337 g/mol. The highest BCUT2D eigenvalue weighted by molar-refractivity contribution is 9.10. The second-order valence-electron chi connectivity index (χ2n) is 4.56. The zero-order valence-electron chi connectivity index (χ0n) is 11.5. The topological polar surface area (TPSA) is 38.3 Å². The van der Waals surface area contributed by atoms with E-state index in [9.17, 15) is 9.18 Å². The molecule has 0 aliphatic carbocycles. The monoisotopic (exact) mass is 351 g/mol. The average molecular weight is 352 g/mol. The van der Waals surface area contributed by atoms with Crippen LogP contribution in [-0.4, -0.2) is 12.5 Å². The van der Waals surface area contributed by atoms with Gasteiger partial charge in [-0.3, -0.25) is 4.79 Å². The first-order valence-corrected chi connectivity index (χ1v) is 7.27. The molecule has 0 unspecified atom stereocenters. The molecular formula is C16H15BrFNO2. The summed E-state index contributed by atoms with van der Waals surface area (Å²) in [7, 11) is 0. The fourth-order valence-electron chi connectivity index (χ4n) is 1.84. The maximum atomic E-state index is 12.9. The summed E-state index contributed by atoms with van der Waals surface area (Å²) < 4.78 is 18.8. The smallest absolute Gasteiger partial charge is 0.258 e. The molecule has 5 heteroatoms. The zero-order chi connectivity index (χ0) is 15.2. The lowest BCUT2D eigenvalue weighted by molar-refractivity contribution is -0.123. The Morgan fingerprint density at radius 2 is 2.00 bits per heavy atom. The molecule has 1 amide bonds. The van der Waals surface area contributed by atoms with Crippen LogP contribution in [0, 0.1) is 5.82 Å². The molecule has 3 nitrogen and oxygen atoms in total. The second kappa shape index (κ2) is 7.22. The number of halogens is 2. The van der Waals surface area contributed by atoms with Gasteiger partial charge in [0.2, 0.25) is 0 Å². The highest BCUT2D eigenvalue weighted by atomic mass is 79.9. The normalized spacial score (nSPS) is 11.8. The average Bonchev–Trinajstić information content (AvgIpc) is 2.47. The predicted molar refractivity (Wildman–Crippen MR) is 82.6 cm³/mol. The molecule has 2 rings (SSSR count). The minimum atomic E-state index is -0.364. The van der Waals surface area contributed by atoms with Gasteiger partial charge in [-0.2, -0.15) is 0 Å². The summed E-state index contributed by atoms with van der Waals surface area (Å²) in [6, 6.07) is 13.6. The number of hydrogen-bond acceptors (Lipinski definition) is 2. The molecule has 0 bridgehead atoms. The third kappa shape index (κ3) is 4.56. The van der Waals surface area contributed by atoms with E-state index >= 15 is 0 Å². The number of ether oxygens (including phenoxy) is 1. The molecule has 0 aromatic heterocycles. The van der Waals surface area contributed by atoms with E-state index in [4.69, 9.17) is 4.74 Å². The Hall–Kier alpha value is -1.88. The lowest BCUT2D eigenvalue weighted by Crippen LogP contribution is -2.31. The maximum Gasteiger partial charge on any atom is 0.258 e. The van der Waals surface area contributed by atoms with Gasteiger partial charge in [0.1, 0.15) is 11.6 Å². The fraction of sp³-hybridized carbons (Fsp3) is 0.188. The Balaban J connectivity index is 1.87. The standard InChI is InChI=1S/C16H15BrFNO2/c1-11(12-5-3-2-4-6-12)19-16(20)10-21-15-8-7-13(18)9-14(15)17/h2-9,11H,10H2,1H3,(H,19,20)/t11-/m0/s1. The minimum absolute atomic E-state index is 0.0982. The molecule has 2 aromatic rings. The Kier molecular flexibility index (Phi) is 5.33. The van der Waals surface area contributed by atoms with Gasteiger partial charge in [-0.25, -0.2) is 4.39 Å². The number of nitrogens with one attached hydrogen (secondary N) is 1. The van der Waals surface area contributed by atoms with Crippen molar-refractivity contribution >= 4 is 21.8 Å². The molecule has 0 saturated heterocycles. The number of rotatable bonds is 5. The summed E-state index contributed by atoms with van der Waals surface area (Å²) in [5, 5.41) is 2.84. The van der Waals surface area contributed by atoms with Gasteiger partial charge in [0.25, 0.3) is 5.91 Å². The summed E-state index contributed by atoms with van der Waals surface area (Å²) in [4.78, 5) is 11.9. The van der Waals surface area contributed by atoms with Crippen molar-refractivity contribution in [3.8, 4) is 5.75 Å². The lowest BCUT2D eigenvalue weighted by atomic mass is 10.1. The van der Waals surface area contributed by atoms with Gasteiger partial charge in [0, 0.05) is 0 Å². The van der Waals surface area contributed by atoms with Crippen LogP contribution in [0.2, 0.25) is 0 Å². The molecule has 110 valence electrons. The summed E-state index contributed by atoms with van der Waals surface area (Å²) >= 11 is 3.19. The molecule has 2 aromatic carbocycles. The zero-order valence-corrected chi connectivity index (χ0v) is 13.1. The third-order valence-corrected chi connectivity index (χ3v) is 3.55. The van der Waals surface area contributed by atoms with Crippen LogP contribution in [0.15, 0.2) is 53.0 Å². The molecule has 0 radical (unpaired) electrons. The molecule has 0 spiro atoms. The van der Waals surface area contributed by atoms with Gasteiger partial charge in [-0.05, 0) is 46.6 Å². The van der Waals surface area contributed by atoms with E-state index in [0.29, 0.717) is 10.2 Å². The highest BCUT2D eigenvalue weighted by Gasteiger charge is 2.10. The molecule has 0 aliphatic heterocycles. The maximum absolute atomic E-state index is 12.9. The molecule has 21 heavy (non-hydrogen) atoms. The largest absolute Gasteiger partial charge is 0.483 e. The van der Waals surface area contributed by atoms with Crippen LogP contribution in [0.25, 0.3) is 0 Å². The number of hydrogen-bond donors (Lipinski definition) is 1. The van der Waals surface area contributed by atoms with Crippen LogP contribution in [0.4, 0.5) is 4.39 Å². The Morgan fingerprint density at radius 1 is 1.29 bits per heavy atom. The Labute approximate surface area is 131 Å². The molecule has 1 N–H and O–H groups in total. The minimum Gasteiger partial charge on any atom is -0.483 e. The van der Waals surface area contributed by atoms with Crippen molar-refractivity contribution < 1.29 is 13.9 Å². The van der Waals surface area contributed by atoms with Crippen LogP contribution in [0.1, 0.15) is 18.5 Å². The predicted octanol–water partition coefficient (Wildman–Crippen LogP) is 3.84. The van der Waals surface area contributed by atoms with E-state index in [1.54, 1.807) is 0 Å². The van der Waals surface area contributed by atoms with Crippen molar-refractivity contribution in [3.63, 3.8) is 0 Å². The van der Waals surface area contributed by atoms with Crippen molar-refractivity contribution in [2.75, 3.05) is 6.61 Å². The molecule has 0 heterocycles. The molecule has 0 saturated carbocycles. The lowest BCUT2D eigenvalue weighted by Gasteiger charge is -2.15. The number of carbonyl (C=O) groups is 1. The van der Waals surface area contributed by atoms with Crippen molar-refractivity contribution in [1.29, 1.82) is 0 Å². The number of amides is 1. The fourth-order valence-corrected chi connectivity index (χ4v) is 2.31. The Morgan fingerprint density at radius 3 is 2.67 bits per heavy atom. The van der Waals surface area contributed by atoms with Crippen LogP contribution < -0.4 is 10.1 Å². The SMILES string of the molecule is C[C@H](NC(=O)COc1ccc(F)cc1Br)c1ccccc1. The first-order valence-electron chi connectivity index (χ1n) is 6.48. The van der Waals surface area contributed by atoms with Gasteiger partial charge >= 0.3 is 0 Å². The first kappa shape index (κ1) is 15.5. The summed E-state index contributed by atoms with van der Waals surface area (Å²) in [6.45, 7) is 1.78. The third-order valence-electron chi connectivity index (χ3n) is 2.93. The van der Waals surface area contributed by atoms with Crippen LogP contribution in [0.3, 0.4) is 0 Å². The van der Waals surface area contributed by atoms with E-state index < -0.39 is 0 Å². The first-order chi connectivity index (χ1) is 10.1. The van der Waals surface area contributed by atoms with E-state index in [2.05, 4.69) is 21.2 Å². The second-order valence-corrected chi connectivity index (χ2v) is 5.42. The van der Waals surface area contributed by atoms with Crippen LogP contribution in [0.5, 0.6) is 5.75 Å². The quantitative estimate of drug-likeness (QED) is 0.888. The molecule has 0 aliphatic rings. The summed E-state index contributed by atoms with van der Waals surface area (Å²) in [6.07, 6.45) is 0. The van der Waals surface area contributed by atoms with Crippen molar-refractivity contribution in [3.05, 3.63) is 64.4 Å². The van der Waals surface area contributed by atoms with Gasteiger partial charge in [-0.15, -0.1) is 0 Å². The van der Waals surface area contributed by atoms with Crippen molar-refractivity contribution in [2.24, 2.45) is 0 Å². The molecule has 0 fully saturated rings. The van der Waals surface area contributed by atoms with Crippen molar-refractivity contribution in [1.82, 2.24) is 5.32 Å². The number of carbonyl (C=O) groups excluding carboxylic acids is 1. The summed E-state index contributed by atoms with van der Waals surface area (Å²) in [5.41, 5.74) is 1.02. The van der Waals surface area contributed by atoms with Crippen molar-refractivity contribution in [2.45, 2.75) is 13.0 Å². The van der Waals surface area contributed by atoms with Gasteiger partial charge in [0.05, 0.1) is 10.5 Å². The Bertz CT molecular complexity index is 619. The van der Waals surface area contributed by atoms with E-state index in [0.717, 1.165) is 5.56 Å². The van der Waals surface area contributed by atoms with Gasteiger partial charge < -0.3 is 10.1 Å². The van der Waals surface area contributed by atoms with Gasteiger partial charge in [0.15, 0.2) is 6.61 Å². The van der Waals surface area contributed by atoms with Gasteiger partial charge in [-0.1, -0.05) is 30.3 Å². The van der Waals surface area contributed by atoms with E-state index in [-0.39, 0.29) is 24.4 Å². The highest BCUT2D eigenvalue weighted by Crippen LogP contribution is 2.25. The van der Waals surface area contributed by atoms with Crippen LogP contribution in [-0.2, 0) is 4.79 Å². The molecule has 1 atom stereocenters. The summed E-state index contributed by atoms with van der Waals surface area (Å²) in [5.74, 6) is -0.169.